The number of rotatable bonds is 10. The standard InChI is InChI=1S/C34H42F7N9O3/c1-3-28(51)43-24-16-25(27(53-30(35)36)17-26(24)48-10-6-22(7-11-48)47-14-12-46(2)13-15-47)44-31-42-18-21-19-49(20-34(39,40)41)32(52)50(29(21)45-31)23-4-8-33(37,38)9-5-23/h3,16-18,22-23,30H,1,4-15,19-20H2,2H3,(H,43,51)(H,42,44,45). The SMILES string of the molecule is C=CC(=O)Nc1cc(Nc2ncc3c(n2)N(C2CCC(F)(F)CC2)C(=O)N(CC(F)(F)F)C3)c(OC(F)F)cc1N1CCC(N2CCN(C)CC2)CC1. The lowest BCUT2D eigenvalue weighted by Crippen LogP contribution is -2.55. The van der Waals surface area contributed by atoms with E-state index in [1.54, 1.807) is 0 Å². The molecule has 3 amide bonds. The molecular formula is C34H42F7N9O3. The van der Waals surface area contributed by atoms with Gasteiger partial charge >= 0.3 is 18.8 Å². The van der Waals surface area contributed by atoms with E-state index in [1.165, 1.54) is 18.3 Å². The summed E-state index contributed by atoms with van der Waals surface area (Å²) in [4.78, 5) is 42.9. The fourth-order valence-corrected chi connectivity index (χ4v) is 7.43. The normalized spacial score (nSPS) is 20.8. The Morgan fingerprint density at radius 3 is 2.34 bits per heavy atom. The average molecular weight is 758 g/mol. The van der Waals surface area contributed by atoms with Gasteiger partial charge in [0.15, 0.2) is 5.75 Å². The van der Waals surface area contributed by atoms with Gasteiger partial charge in [-0.3, -0.25) is 14.6 Å². The molecule has 6 rings (SSSR count). The monoisotopic (exact) mass is 757 g/mol. The number of piperazine rings is 1. The molecule has 4 heterocycles. The van der Waals surface area contributed by atoms with Crippen molar-refractivity contribution in [2.24, 2.45) is 0 Å². The largest absolute Gasteiger partial charge is 0.433 e. The molecule has 290 valence electrons. The molecule has 19 heteroatoms. The summed E-state index contributed by atoms with van der Waals surface area (Å²) in [6.45, 7) is 3.19. The number of fused-ring (bicyclic) bond motifs is 1. The summed E-state index contributed by atoms with van der Waals surface area (Å²) < 4.78 is 101. The number of nitrogens with one attached hydrogen (secondary N) is 2. The Morgan fingerprint density at radius 1 is 1.04 bits per heavy atom. The molecule has 3 fully saturated rings. The summed E-state index contributed by atoms with van der Waals surface area (Å²) in [7, 11) is 2.09. The van der Waals surface area contributed by atoms with Crippen LogP contribution in [0.5, 0.6) is 5.75 Å². The molecule has 53 heavy (non-hydrogen) atoms. The molecule has 2 saturated heterocycles. The molecule has 0 atom stereocenters. The van der Waals surface area contributed by atoms with Crippen LogP contribution in [0.25, 0.3) is 0 Å². The molecule has 1 aromatic carbocycles. The number of hydrogen-bond acceptors (Lipinski definition) is 9. The number of urea groups is 1. The molecule has 0 bridgehead atoms. The third kappa shape index (κ3) is 9.23. The second-order valence-electron chi connectivity index (χ2n) is 13.9. The minimum Gasteiger partial charge on any atom is -0.433 e. The first-order chi connectivity index (χ1) is 25.1. The van der Waals surface area contributed by atoms with E-state index < -0.39 is 62.6 Å². The van der Waals surface area contributed by atoms with Gasteiger partial charge in [-0.1, -0.05) is 6.58 Å². The summed E-state index contributed by atoms with van der Waals surface area (Å²) in [6, 6.07) is 1.17. The van der Waals surface area contributed by atoms with Gasteiger partial charge in [0.2, 0.25) is 17.8 Å². The first-order valence-electron chi connectivity index (χ1n) is 17.5. The molecule has 1 aliphatic carbocycles. The van der Waals surface area contributed by atoms with Crippen molar-refractivity contribution < 1.29 is 45.1 Å². The van der Waals surface area contributed by atoms with Crippen molar-refractivity contribution in [3.8, 4) is 5.75 Å². The van der Waals surface area contributed by atoms with E-state index in [9.17, 15) is 40.3 Å². The molecule has 3 aliphatic heterocycles. The van der Waals surface area contributed by atoms with Crippen molar-refractivity contribution in [2.75, 3.05) is 73.3 Å². The van der Waals surface area contributed by atoms with Crippen LogP contribution in [-0.2, 0) is 11.3 Å². The fourth-order valence-electron chi connectivity index (χ4n) is 7.43. The zero-order valence-electron chi connectivity index (χ0n) is 29.1. The van der Waals surface area contributed by atoms with Crippen molar-refractivity contribution in [2.45, 2.75) is 75.9 Å². The van der Waals surface area contributed by atoms with Crippen LogP contribution in [0, 0.1) is 0 Å². The Balaban J connectivity index is 1.31. The molecule has 2 aromatic rings. The first kappa shape index (κ1) is 38.3. The maximum atomic E-state index is 14.1. The number of amides is 3. The Labute approximate surface area is 301 Å². The van der Waals surface area contributed by atoms with E-state index in [1.807, 2.05) is 4.90 Å². The van der Waals surface area contributed by atoms with Crippen LogP contribution in [0.2, 0.25) is 0 Å². The number of carbonyl (C=O) groups is 2. The molecule has 2 N–H and O–H groups in total. The zero-order chi connectivity index (χ0) is 38.1. The number of alkyl halides is 7. The maximum Gasteiger partial charge on any atom is 0.406 e. The lowest BCUT2D eigenvalue weighted by Gasteiger charge is -2.43. The average Bonchev–Trinajstić information content (AvgIpc) is 3.10. The lowest BCUT2D eigenvalue weighted by molar-refractivity contribution is -0.141. The number of anilines is 5. The van der Waals surface area contributed by atoms with Crippen molar-refractivity contribution in [1.29, 1.82) is 0 Å². The smallest absolute Gasteiger partial charge is 0.406 e. The highest BCUT2D eigenvalue weighted by Crippen LogP contribution is 2.42. The van der Waals surface area contributed by atoms with E-state index in [0.29, 0.717) is 29.7 Å². The van der Waals surface area contributed by atoms with Crippen LogP contribution in [0.15, 0.2) is 31.0 Å². The number of aromatic nitrogens is 2. The first-order valence-corrected chi connectivity index (χ1v) is 17.5. The van der Waals surface area contributed by atoms with Gasteiger partial charge in [0, 0.05) is 82.0 Å². The van der Waals surface area contributed by atoms with Crippen LogP contribution in [0.4, 0.5) is 64.4 Å². The number of benzene rings is 1. The van der Waals surface area contributed by atoms with Gasteiger partial charge in [-0.2, -0.15) is 26.9 Å². The predicted molar refractivity (Wildman–Crippen MR) is 183 cm³/mol. The quantitative estimate of drug-likeness (QED) is 0.222. The number of halogens is 7. The molecule has 0 unspecified atom stereocenters. The number of carbonyl (C=O) groups excluding carboxylic acids is 2. The molecule has 12 nitrogen and oxygen atoms in total. The lowest BCUT2D eigenvalue weighted by atomic mass is 9.90. The van der Waals surface area contributed by atoms with E-state index >= 15 is 0 Å². The number of hydrogen-bond donors (Lipinski definition) is 2. The number of nitrogens with zero attached hydrogens (tertiary/aromatic N) is 7. The maximum absolute atomic E-state index is 14.1. The Hall–Kier alpha value is -4.39. The third-order valence-electron chi connectivity index (χ3n) is 10.2. The van der Waals surface area contributed by atoms with Gasteiger partial charge in [-0.25, -0.2) is 18.6 Å². The molecule has 0 radical (unpaired) electrons. The van der Waals surface area contributed by atoms with Gasteiger partial charge in [0.05, 0.1) is 23.6 Å². The van der Waals surface area contributed by atoms with Gasteiger partial charge in [0.25, 0.3) is 0 Å². The molecule has 4 aliphatic rings. The molecule has 1 aromatic heterocycles. The molecule has 0 spiro atoms. The van der Waals surface area contributed by atoms with Crippen LogP contribution in [-0.4, -0.2) is 120 Å². The number of piperidine rings is 1. The van der Waals surface area contributed by atoms with E-state index in [0.717, 1.165) is 50.0 Å². The summed E-state index contributed by atoms with van der Waals surface area (Å²) in [5.41, 5.74) is 0.721. The van der Waals surface area contributed by atoms with Crippen molar-refractivity contribution >= 4 is 40.8 Å². The van der Waals surface area contributed by atoms with E-state index in [-0.39, 0.29) is 47.3 Å². The minimum absolute atomic E-state index is 0.0857. The van der Waals surface area contributed by atoms with Crippen LogP contribution < -0.4 is 25.2 Å². The fraction of sp³-hybridized carbons (Fsp3) is 0.588. The van der Waals surface area contributed by atoms with Gasteiger partial charge in [-0.05, 0) is 44.9 Å². The summed E-state index contributed by atoms with van der Waals surface area (Å²) in [5.74, 6) is -4.18. The molecular weight excluding hydrogens is 715 g/mol. The van der Waals surface area contributed by atoms with Crippen LogP contribution >= 0.6 is 0 Å². The van der Waals surface area contributed by atoms with Gasteiger partial charge in [0.1, 0.15) is 12.4 Å². The Bertz CT molecular complexity index is 1650. The van der Waals surface area contributed by atoms with E-state index in [4.69, 9.17) is 4.74 Å². The Kier molecular flexibility index (Phi) is 11.2. The Morgan fingerprint density at radius 2 is 1.72 bits per heavy atom. The highest BCUT2D eigenvalue weighted by Gasteiger charge is 2.45. The summed E-state index contributed by atoms with van der Waals surface area (Å²) in [5, 5.41) is 5.54. The summed E-state index contributed by atoms with van der Waals surface area (Å²) >= 11 is 0. The topological polar surface area (TPSA) is 109 Å². The minimum atomic E-state index is -4.73. The van der Waals surface area contributed by atoms with Crippen molar-refractivity contribution in [1.82, 2.24) is 24.7 Å². The second kappa shape index (κ2) is 15.5. The van der Waals surface area contributed by atoms with Crippen molar-refractivity contribution in [3.05, 3.63) is 36.5 Å². The number of ether oxygens (including phenoxy) is 1. The van der Waals surface area contributed by atoms with Gasteiger partial charge in [-0.15, -0.1) is 0 Å². The predicted octanol–water partition coefficient (Wildman–Crippen LogP) is 6.04. The highest BCUT2D eigenvalue weighted by atomic mass is 19.4. The van der Waals surface area contributed by atoms with E-state index in [2.05, 4.69) is 44.0 Å². The zero-order valence-corrected chi connectivity index (χ0v) is 29.1. The van der Waals surface area contributed by atoms with Gasteiger partial charge < -0.3 is 30.1 Å². The molecule has 1 saturated carbocycles. The third-order valence-corrected chi connectivity index (χ3v) is 10.2. The second-order valence-corrected chi connectivity index (χ2v) is 13.9. The van der Waals surface area contributed by atoms with Crippen LogP contribution in [0.1, 0.15) is 44.1 Å². The summed E-state index contributed by atoms with van der Waals surface area (Å²) in [6.07, 6.45) is -2.37. The van der Waals surface area contributed by atoms with Crippen LogP contribution in [0.3, 0.4) is 0 Å². The van der Waals surface area contributed by atoms with Crippen molar-refractivity contribution in [3.63, 3.8) is 0 Å². The number of likely N-dealkylation sites (N-methyl/N-ethyl adjacent to an activating group) is 1. The highest BCUT2D eigenvalue weighted by molar-refractivity contribution is 6.02.